The molecule has 4 heteroatoms. The molecule has 2 aromatic carbocycles. The highest BCUT2D eigenvalue weighted by atomic mass is 16.3. The van der Waals surface area contributed by atoms with Crippen LogP contribution in [-0.4, -0.2) is 8.97 Å². The molecule has 5 aromatic heterocycles. The molecule has 0 aliphatic carbocycles. The standard InChI is InChI=1S/C21H12N2O2/c1-22-13-4-2-3-11-17(13)18-14(22)6-5-12-19(18)23(15-7-9-24-20(11)15)16-8-10-25-21(12)16/h2-10H,1H3. The summed E-state index contributed by atoms with van der Waals surface area (Å²) >= 11 is 0. The number of fused-ring (bicyclic) bond motifs is 6. The smallest absolute Gasteiger partial charge is 0.159 e. The molecule has 0 saturated carbocycles. The molecule has 0 aliphatic heterocycles. The van der Waals surface area contributed by atoms with E-state index in [-0.39, 0.29) is 0 Å². The van der Waals surface area contributed by atoms with E-state index in [0.29, 0.717) is 0 Å². The average Bonchev–Trinajstić information content (AvgIpc) is 3.36. The summed E-state index contributed by atoms with van der Waals surface area (Å²) in [6.07, 6.45) is 3.53. The second kappa shape index (κ2) is 3.64. The van der Waals surface area contributed by atoms with Crippen LogP contribution in [0.3, 0.4) is 0 Å². The summed E-state index contributed by atoms with van der Waals surface area (Å²) in [6.45, 7) is 0. The molecule has 7 rings (SSSR count). The number of nitrogens with zero attached hydrogens (tertiary/aromatic N) is 2. The predicted molar refractivity (Wildman–Crippen MR) is 99.6 cm³/mol. The summed E-state index contributed by atoms with van der Waals surface area (Å²) in [7, 11) is 2.13. The Bertz CT molecular complexity index is 1600. The first-order valence-electron chi connectivity index (χ1n) is 8.34. The number of hydrogen-bond acceptors (Lipinski definition) is 2. The molecule has 0 unspecified atom stereocenters. The molecule has 5 heterocycles. The number of hydrogen-bond donors (Lipinski definition) is 0. The highest BCUT2D eigenvalue weighted by Gasteiger charge is 2.23. The number of benzene rings is 2. The largest absolute Gasteiger partial charge is 0.462 e. The first kappa shape index (κ1) is 12.0. The summed E-state index contributed by atoms with van der Waals surface area (Å²) in [5, 5.41) is 4.81. The quantitative estimate of drug-likeness (QED) is 0.360. The van der Waals surface area contributed by atoms with E-state index < -0.39 is 0 Å². The highest BCUT2D eigenvalue weighted by molar-refractivity contribution is 6.31. The van der Waals surface area contributed by atoms with Crippen LogP contribution in [-0.2, 0) is 7.05 Å². The van der Waals surface area contributed by atoms with Gasteiger partial charge in [0.1, 0.15) is 0 Å². The Morgan fingerprint density at radius 1 is 0.680 bits per heavy atom. The normalized spacial score (nSPS) is 13.0. The predicted octanol–water partition coefficient (Wildman–Crippen LogP) is 5.67. The van der Waals surface area contributed by atoms with Crippen molar-refractivity contribution in [3.05, 3.63) is 55.0 Å². The first-order valence-corrected chi connectivity index (χ1v) is 8.34. The van der Waals surface area contributed by atoms with Gasteiger partial charge in [-0.2, -0.15) is 0 Å². The van der Waals surface area contributed by atoms with Gasteiger partial charge in [-0.1, -0.05) is 12.1 Å². The summed E-state index contributed by atoms with van der Waals surface area (Å²) in [5.41, 5.74) is 7.63. The second-order valence-electron chi connectivity index (χ2n) is 6.72. The summed E-state index contributed by atoms with van der Waals surface area (Å²) in [5.74, 6) is 0. The van der Waals surface area contributed by atoms with Gasteiger partial charge in [0, 0.05) is 46.2 Å². The van der Waals surface area contributed by atoms with Crippen molar-refractivity contribution in [2.24, 2.45) is 7.05 Å². The van der Waals surface area contributed by atoms with Gasteiger partial charge in [0.2, 0.25) is 0 Å². The minimum absolute atomic E-state index is 0.911. The van der Waals surface area contributed by atoms with Crippen molar-refractivity contribution in [1.29, 1.82) is 0 Å². The van der Waals surface area contributed by atoms with Gasteiger partial charge in [-0.3, -0.25) is 0 Å². The molecule has 0 bridgehead atoms. The Kier molecular flexibility index (Phi) is 1.75. The lowest BCUT2D eigenvalue weighted by Crippen LogP contribution is -1.87. The number of aromatic nitrogens is 2. The van der Waals surface area contributed by atoms with E-state index in [1.54, 1.807) is 12.5 Å². The van der Waals surface area contributed by atoms with Crippen LogP contribution < -0.4 is 0 Å². The average molecular weight is 324 g/mol. The van der Waals surface area contributed by atoms with Crippen molar-refractivity contribution in [2.45, 2.75) is 0 Å². The topological polar surface area (TPSA) is 35.6 Å². The van der Waals surface area contributed by atoms with Crippen molar-refractivity contribution in [3.63, 3.8) is 0 Å². The van der Waals surface area contributed by atoms with Gasteiger partial charge in [0.15, 0.2) is 11.2 Å². The van der Waals surface area contributed by atoms with E-state index in [4.69, 9.17) is 8.83 Å². The molecule has 25 heavy (non-hydrogen) atoms. The van der Waals surface area contributed by atoms with Crippen LogP contribution in [0.4, 0.5) is 0 Å². The fraction of sp³-hybridized carbons (Fsp3) is 0.0476. The van der Waals surface area contributed by atoms with Crippen LogP contribution >= 0.6 is 0 Å². The molecule has 0 atom stereocenters. The van der Waals surface area contributed by atoms with E-state index >= 15 is 0 Å². The second-order valence-corrected chi connectivity index (χ2v) is 6.72. The van der Waals surface area contributed by atoms with Gasteiger partial charge < -0.3 is 17.8 Å². The molecule has 0 saturated heterocycles. The first-order chi connectivity index (χ1) is 12.3. The van der Waals surface area contributed by atoms with Crippen molar-refractivity contribution >= 4 is 60.3 Å². The van der Waals surface area contributed by atoms with Gasteiger partial charge in [-0.05, 0) is 18.2 Å². The lowest BCUT2D eigenvalue weighted by Gasteiger charge is -2.00. The van der Waals surface area contributed by atoms with Crippen LogP contribution in [0.25, 0.3) is 60.3 Å². The van der Waals surface area contributed by atoms with Gasteiger partial charge in [0.25, 0.3) is 0 Å². The van der Waals surface area contributed by atoms with E-state index in [9.17, 15) is 0 Å². The minimum Gasteiger partial charge on any atom is -0.462 e. The maximum atomic E-state index is 5.96. The third kappa shape index (κ3) is 1.12. The van der Waals surface area contributed by atoms with Crippen molar-refractivity contribution < 1.29 is 8.83 Å². The van der Waals surface area contributed by atoms with Crippen molar-refractivity contribution in [2.75, 3.05) is 0 Å². The third-order valence-corrected chi connectivity index (χ3v) is 5.65. The molecule has 0 aliphatic rings. The van der Waals surface area contributed by atoms with Crippen molar-refractivity contribution in [3.8, 4) is 0 Å². The summed E-state index contributed by atoms with van der Waals surface area (Å²) in [4.78, 5) is 0. The molecule has 0 fully saturated rings. The molecule has 0 amide bonds. The minimum atomic E-state index is 0.911. The Morgan fingerprint density at radius 2 is 1.40 bits per heavy atom. The molecule has 0 radical (unpaired) electrons. The fourth-order valence-electron chi connectivity index (χ4n) is 4.65. The zero-order valence-electron chi connectivity index (χ0n) is 13.4. The Hall–Kier alpha value is -3.40. The summed E-state index contributed by atoms with van der Waals surface area (Å²) in [6, 6.07) is 14.9. The van der Waals surface area contributed by atoms with Crippen LogP contribution in [0.15, 0.2) is 63.8 Å². The van der Waals surface area contributed by atoms with Crippen LogP contribution in [0.1, 0.15) is 0 Å². The van der Waals surface area contributed by atoms with Gasteiger partial charge in [-0.25, -0.2) is 0 Å². The highest BCUT2D eigenvalue weighted by Crippen LogP contribution is 2.43. The third-order valence-electron chi connectivity index (χ3n) is 5.65. The molecule has 0 N–H and O–H groups in total. The monoisotopic (exact) mass is 324 g/mol. The lowest BCUT2D eigenvalue weighted by atomic mass is 10.1. The number of aryl methyl sites for hydroxylation is 1. The van der Waals surface area contributed by atoms with Gasteiger partial charge >= 0.3 is 0 Å². The fourth-order valence-corrected chi connectivity index (χ4v) is 4.65. The number of furan rings is 2. The molecular weight excluding hydrogens is 312 g/mol. The molecular formula is C21H12N2O2. The van der Waals surface area contributed by atoms with Gasteiger partial charge in [0.05, 0.1) is 34.6 Å². The van der Waals surface area contributed by atoms with E-state index in [1.165, 1.54) is 27.3 Å². The van der Waals surface area contributed by atoms with E-state index in [1.807, 2.05) is 12.1 Å². The van der Waals surface area contributed by atoms with E-state index in [2.05, 4.69) is 46.3 Å². The summed E-state index contributed by atoms with van der Waals surface area (Å²) < 4.78 is 16.3. The Labute approximate surface area is 140 Å². The van der Waals surface area contributed by atoms with E-state index in [0.717, 1.165) is 33.0 Å². The molecule has 7 aromatic rings. The Morgan fingerprint density at radius 3 is 2.20 bits per heavy atom. The van der Waals surface area contributed by atoms with Crippen molar-refractivity contribution in [1.82, 2.24) is 8.97 Å². The van der Waals surface area contributed by atoms with Gasteiger partial charge in [-0.15, -0.1) is 0 Å². The van der Waals surface area contributed by atoms with Crippen LogP contribution in [0.5, 0.6) is 0 Å². The van der Waals surface area contributed by atoms with Crippen LogP contribution in [0, 0.1) is 0 Å². The molecule has 118 valence electrons. The molecule has 4 nitrogen and oxygen atoms in total. The maximum absolute atomic E-state index is 5.96. The zero-order chi connectivity index (χ0) is 16.3. The molecule has 0 spiro atoms. The Balaban J connectivity index is 2.10. The lowest BCUT2D eigenvalue weighted by molar-refractivity contribution is 0.619. The zero-order valence-corrected chi connectivity index (χ0v) is 13.4. The van der Waals surface area contributed by atoms with Crippen LogP contribution in [0.2, 0.25) is 0 Å². The maximum Gasteiger partial charge on any atom is 0.159 e. The SMILES string of the molecule is Cn1c2cccc3c4occc4n4c5ccoc5c5ccc1c(c32)c54. The number of rotatable bonds is 0.